The van der Waals surface area contributed by atoms with Crippen LogP contribution in [0.15, 0.2) is 47.8 Å². The number of hydrogen-bond donors (Lipinski definition) is 3. The highest BCUT2D eigenvalue weighted by Crippen LogP contribution is 2.37. The number of amides is 2. The number of nitrogens with one attached hydrogen (secondary N) is 2. The van der Waals surface area contributed by atoms with Crippen molar-refractivity contribution < 1.29 is 28.3 Å². The lowest BCUT2D eigenvalue weighted by molar-refractivity contribution is -0.138. The Hall–Kier alpha value is -3.92. The first kappa shape index (κ1) is 23.7. The Labute approximate surface area is 191 Å². The van der Waals surface area contributed by atoms with Gasteiger partial charge in [0.1, 0.15) is 6.54 Å². The van der Waals surface area contributed by atoms with Crippen molar-refractivity contribution >= 4 is 53.8 Å². The summed E-state index contributed by atoms with van der Waals surface area (Å²) >= 11 is -0.0996. The molecule has 3 N–H and O–H groups in total. The molecule has 0 atom stereocenters. The van der Waals surface area contributed by atoms with Gasteiger partial charge in [0.15, 0.2) is 13.0 Å². The number of aromatic nitrogens is 2. The number of halogens is 2. The van der Waals surface area contributed by atoms with Crippen molar-refractivity contribution in [1.29, 1.82) is 5.26 Å². The number of alkyl halides is 2. The summed E-state index contributed by atoms with van der Waals surface area (Å²) < 4.78 is 30.7. The molecule has 1 heterocycles. The molecule has 0 saturated carbocycles. The second-order valence-corrected chi connectivity index (χ2v) is 7.86. The molecule has 0 bridgehead atoms. The molecule has 13 heteroatoms. The molecule has 9 nitrogen and oxygen atoms in total. The van der Waals surface area contributed by atoms with Gasteiger partial charge in [-0.2, -0.15) is 14.0 Å². The van der Waals surface area contributed by atoms with Crippen LogP contribution in [0.5, 0.6) is 0 Å². The van der Waals surface area contributed by atoms with E-state index < -0.39 is 36.1 Å². The van der Waals surface area contributed by atoms with Crippen molar-refractivity contribution in [2.75, 3.05) is 13.1 Å². The topological polar surface area (TPSA) is 137 Å². The largest absolute Gasteiger partial charge is 0.480 e. The Morgan fingerprint density at radius 2 is 1.85 bits per heavy atom. The normalized spacial score (nSPS) is 11.1. The summed E-state index contributed by atoms with van der Waals surface area (Å²) in [7, 11) is 1.66. The first-order chi connectivity index (χ1) is 15.6. The van der Waals surface area contributed by atoms with Crippen molar-refractivity contribution in [3.05, 3.63) is 48.2 Å². The number of fused-ring (bicyclic) bond motifs is 1. The quantitative estimate of drug-likeness (QED) is 0.314. The second kappa shape index (κ2) is 9.70. The summed E-state index contributed by atoms with van der Waals surface area (Å²) in [6.07, 6.45) is 1.38. The molecule has 0 aliphatic heterocycles. The van der Waals surface area contributed by atoms with Crippen LogP contribution in [0.3, 0.4) is 0 Å². The highest BCUT2D eigenvalue weighted by atomic mass is 32.2. The molecular formula is C20H16BF2N5O4S. The van der Waals surface area contributed by atoms with Crippen molar-refractivity contribution in [2.24, 2.45) is 0 Å². The van der Waals surface area contributed by atoms with Crippen LogP contribution in [-0.4, -0.2) is 58.6 Å². The van der Waals surface area contributed by atoms with Gasteiger partial charge in [0.25, 0.3) is 0 Å². The zero-order valence-corrected chi connectivity index (χ0v) is 17.9. The molecule has 0 aliphatic carbocycles. The number of nitrogens with zero attached hydrogens (tertiary/aromatic N) is 3. The van der Waals surface area contributed by atoms with Crippen LogP contribution < -0.4 is 16.2 Å². The highest BCUT2D eigenvalue weighted by Gasteiger charge is 2.42. The lowest BCUT2D eigenvalue weighted by atomic mass is 10.0. The van der Waals surface area contributed by atoms with E-state index in [0.717, 1.165) is 0 Å². The zero-order chi connectivity index (χ0) is 24.2. The Kier molecular flexibility index (Phi) is 6.98. The van der Waals surface area contributed by atoms with Crippen LogP contribution in [0.4, 0.5) is 8.78 Å². The summed E-state index contributed by atoms with van der Waals surface area (Å²) in [5, 5.41) is 18.7. The maximum Gasteiger partial charge on any atom is 0.377 e. The fourth-order valence-corrected chi connectivity index (χ4v) is 3.85. The molecule has 0 aliphatic rings. The fraction of sp³-hybridized carbons (Fsp3) is 0.150. The smallest absolute Gasteiger partial charge is 0.377 e. The number of carbonyl (C=O) groups is 3. The number of rotatable bonds is 8. The minimum atomic E-state index is -3.98. The van der Waals surface area contributed by atoms with Crippen LogP contribution >= 0.6 is 11.8 Å². The lowest BCUT2D eigenvalue weighted by Gasteiger charge is -2.18. The van der Waals surface area contributed by atoms with E-state index in [2.05, 4.69) is 11.1 Å². The third kappa shape index (κ3) is 5.29. The molecule has 0 spiro atoms. The van der Waals surface area contributed by atoms with Gasteiger partial charge >= 0.3 is 17.1 Å². The van der Waals surface area contributed by atoms with E-state index >= 15 is 0 Å². The molecule has 168 valence electrons. The molecule has 0 fully saturated rings. The minimum absolute atomic E-state index is 0.0996. The zero-order valence-electron chi connectivity index (χ0n) is 17.1. The number of carbonyl (C=O) groups excluding carboxylic acids is 2. The molecule has 0 saturated heterocycles. The number of aliphatic carboxylic acids is 1. The highest BCUT2D eigenvalue weighted by molar-refractivity contribution is 8.00. The van der Waals surface area contributed by atoms with Gasteiger partial charge in [-0.3, -0.25) is 14.4 Å². The van der Waals surface area contributed by atoms with Crippen LogP contribution in [0.25, 0.3) is 16.5 Å². The number of imidazole rings is 1. The average Bonchev–Trinajstić information content (AvgIpc) is 3.14. The molecule has 0 unspecified atom stereocenters. The summed E-state index contributed by atoms with van der Waals surface area (Å²) in [6, 6.07) is 12.3. The summed E-state index contributed by atoms with van der Waals surface area (Å²) in [6.45, 7) is -1.51. The summed E-state index contributed by atoms with van der Waals surface area (Å²) in [5.41, 5.74) is 1.45. The maximum atomic E-state index is 14.6. The van der Waals surface area contributed by atoms with Crippen LogP contribution in [-0.2, 0) is 14.4 Å². The lowest BCUT2D eigenvalue weighted by Crippen LogP contribution is -2.44. The predicted molar refractivity (Wildman–Crippen MR) is 118 cm³/mol. The number of benzene rings is 2. The van der Waals surface area contributed by atoms with Gasteiger partial charge in [-0.1, -0.05) is 24.3 Å². The number of thioether (sulfide) groups is 1. The molecule has 33 heavy (non-hydrogen) atoms. The van der Waals surface area contributed by atoms with Crippen LogP contribution in [0, 0.1) is 11.3 Å². The fourth-order valence-electron chi connectivity index (χ4n) is 3.02. The van der Waals surface area contributed by atoms with E-state index in [0.29, 0.717) is 27.6 Å². The van der Waals surface area contributed by atoms with E-state index in [9.17, 15) is 28.4 Å². The van der Waals surface area contributed by atoms with Gasteiger partial charge in [0, 0.05) is 17.0 Å². The van der Waals surface area contributed by atoms with Crippen molar-refractivity contribution in [3.63, 3.8) is 0 Å². The van der Waals surface area contributed by atoms with Gasteiger partial charge in [-0.25, -0.2) is 4.98 Å². The van der Waals surface area contributed by atoms with Gasteiger partial charge < -0.3 is 20.3 Å². The molecule has 3 aromatic rings. The van der Waals surface area contributed by atoms with E-state index in [1.54, 1.807) is 49.6 Å². The average molecular weight is 471 g/mol. The van der Waals surface area contributed by atoms with Gasteiger partial charge in [0.05, 0.1) is 23.9 Å². The molecule has 0 radical (unpaired) electrons. The van der Waals surface area contributed by atoms with Gasteiger partial charge in [-0.05, 0) is 29.5 Å². The minimum Gasteiger partial charge on any atom is -0.480 e. The van der Waals surface area contributed by atoms with E-state index in [1.807, 2.05) is 5.32 Å². The predicted octanol–water partition coefficient (Wildman–Crippen LogP) is 0.157. The number of carboxylic acid groups (broad SMARTS) is 1. The first-order valence-corrected chi connectivity index (χ1v) is 10.3. The molecule has 1 aromatic heterocycles. The third-order valence-corrected chi connectivity index (χ3v) is 5.41. The SMILES string of the molecule is Bc1cnc(SC(F)(F)C(=O)NCC(=O)NCC(=O)O)n1-c1ccc(C#N)c2ccccc12. The van der Waals surface area contributed by atoms with E-state index in [4.69, 9.17) is 5.11 Å². The Bertz CT molecular complexity index is 1290. The third-order valence-electron chi connectivity index (χ3n) is 4.50. The number of nitriles is 1. The van der Waals surface area contributed by atoms with Gasteiger partial charge in [0.2, 0.25) is 5.91 Å². The van der Waals surface area contributed by atoms with Crippen molar-refractivity contribution in [1.82, 2.24) is 20.2 Å². The molecule has 2 amide bonds. The Balaban J connectivity index is 1.85. The monoisotopic (exact) mass is 471 g/mol. The summed E-state index contributed by atoms with van der Waals surface area (Å²) in [4.78, 5) is 37.9. The Morgan fingerprint density at radius 3 is 2.52 bits per heavy atom. The van der Waals surface area contributed by atoms with Crippen molar-refractivity contribution in [3.8, 4) is 11.8 Å². The maximum absolute atomic E-state index is 14.6. The van der Waals surface area contributed by atoms with Crippen LogP contribution in [0.1, 0.15) is 5.56 Å². The first-order valence-electron chi connectivity index (χ1n) is 9.44. The Morgan fingerprint density at radius 1 is 1.15 bits per heavy atom. The summed E-state index contributed by atoms with van der Waals surface area (Å²) in [5.74, 6) is -3.96. The standard InChI is InChI=1S/C20H16BF2N5O4S/c21-15-8-27-19(33-20(22,23)18(32)26-9-16(29)25-10-17(30)31)28(15)14-6-5-11(7-24)12-3-1-2-4-13(12)14/h1-6,8H,9-10,21H2,(H,25,29)(H,26,32)(H,30,31). The van der Waals surface area contributed by atoms with Crippen LogP contribution in [0.2, 0.25) is 0 Å². The second-order valence-electron chi connectivity index (χ2n) is 6.78. The number of carboxylic acids is 1. The van der Waals surface area contributed by atoms with Crippen molar-refractivity contribution in [2.45, 2.75) is 10.4 Å². The molecule has 2 aromatic carbocycles. The van der Waals surface area contributed by atoms with Gasteiger partial charge in [-0.15, -0.1) is 0 Å². The number of hydrogen-bond acceptors (Lipinski definition) is 6. The van der Waals surface area contributed by atoms with E-state index in [-0.39, 0.29) is 16.9 Å². The molecule has 3 rings (SSSR count). The van der Waals surface area contributed by atoms with E-state index in [1.165, 1.54) is 10.8 Å². The molecular weight excluding hydrogens is 455 g/mol.